The molecule has 2 N–H and O–H groups in total. The number of hydrogen-bond donors (Lipinski definition) is 1. The number of nitrogens with two attached hydrogens (primary N) is 1. The van der Waals surface area contributed by atoms with E-state index in [2.05, 4.69) is 6.07 Å². The average Bonchev–Trinajstić information content (AvgIpc) is 3.12. The standard InChI is InChI=1S/C38H34N2O8/c1-43-30-19-28-29(20-31(30)48-21-22-10-11-23-8-6-7-9-24(23)16-22)37(41)40(27-14-12-26(39)13-15-27)35(38(42)47-5)34(28)25-17-32(44-2)36(46-4)33(18-25)45-3/h6-20H,21,39H2,1-5H3. The van der Waals surface area contributed by atoms with Crippen LogP contribution in [0.5, 0.6) is 28.7 Å². The van der Waals surface area contributed by atoms with Crippen LogP contribution in [0.25, 0.3) is 38.4 Å². The monoisotopic (exact) mass is 646 g/mol. The van der Waals surface area contributed by atoms with Crippen molar-refractivity contribution < 1.29 is 33.2 Å². The largest absolute Gasteiger partial charge is 0.493 e. The van der Waals surface area contributed by atoms with Crippen molar-refractivity contribution >= 4 is 33.2 Å². The van der Waals surface area contributed by atoms with Crippen molar-refractivity contribution in [3.63, 3.8) is 0 Å². The Labute approximate surface area is 276 Å². The van der Waals surface area contributed by atoms with Gasteiger partial charge in [-0.15, -0.1) is 0 Å². The fraction of sp³-hybridized carbons (Fsp3) is 0.158. The number of carbonyl (C=O) groups excluding carboxylic acids is 1. The molecule has 0 atom stereocenters. The Kier molecular flexibility index (Phi) is 8.81. The molecule has 5 aromatic carbocycles. The summed E-state index contributed by atoms with van der Waals surface area (Å²) in [6.07, 6.45) is 0. The summed E-state index contributed by atoms with van der Waals surface area (Å²) in [6.45, 7) is 0.221. The molecule has 6 aromatic rings. The highest BCUT2D eigenvalue weighted by atomic mass is 16.5. The summed E-state index contributed by atoms with van der Waals surface area (Å²) in [6, 6.07) is 27.5. The molecule has 0 amide bonds. The predicted octanol–water partition coefficient (Wildman–Crippen LogP) is 6.79. The molecule has 1 heterocycles. The molecule has 1 aromatic heterocycles. The van der Waals surface area contributed by atoms with Crippen LogP contribution in [0.15, 0.2) is 95.8 Å². The van der Waals surface area contributed by atoms with Gasteiger partial charge in [0, 0.05) is 22.3 Å². The van der Waals surface area contributed by atoms with Crippen LogP contribution < -0.4 is 35.0 Å². The summed E-state index contributed by atoms with van der Waals surface area (Å²) in [5.74, 6) is 1.02. The Balaban J connectivity index is 1.65. The van der Waals surface area contributed by atoms with Crippen LogP contribution in [-0.4, -0.2) is 46.1 Å². The van der Waals surface area contributed by atoms with Crippen LogP contribution in [0.2, 0.25) is 0 Å². The lowest BCUT2D eigenvalue weighted by atomic mass is 9.95. The van der Waals surface area contributed by atoms with Crippen LogP contribution in [0.3, 0.4) is 0 Å². The van der Waals surface area contributed by atoms with Gasteiger partial charge in [-0.05, 0) is 76.5 Å². The van der Waals surface area contributed by atoms with Crippen molar-refractivity contribution in [2.75, 3.05) is 41.3 Å². The van der Waals surface area contributed by atoms with E-state index in [1.54, 1.807) is 48.5 Å². The smallest absolute Gasteiger partial charge is 0.355 e. The van der Waals surface area contributed by atoms with E-state index in [1.165, 1.54) is 40.1 Å². The van der Waals surface area contributed by atoms with Gasteiger partial charge in [0.1, 0.15) is 12.3 Å². The first-order chi connectivity index (χ1) is 23.3. The molecule has 0 aliphatic heterocycles. The van der Waals surface area contributed by atoms with E-state index in [-0.39, 0.29) is 17.7 Å². The third-order valence-corrected chi connectivity index (χ3v) is 8.16. The highest BCUT2D eigenvalue weighted by molar-refractivity contribution is 6.08. The predicted molar refractivity (Wildman–Crippen MR) is 185 cm³/mol. The molecule has 0 fully saturated rings. The molecule has 0 saturated carbocycles. The number of esters is 1. The summed E-state index contributed by atoms with van der Waals surface area (Å²) in [4.78, 5) is 28.2. The minimum Gasteiger partial charge on any atom is -0.493 e. The molecule has 0 saturated heterocycles. The second kappa shape index (κ2) is 13.3. The number of aromatic nitrogens is 1. The third-order valence-electron chi connectivity index (χ3n) is 8.16. The molecule has 0 aliphatic rings. The van der Waals surface area contributed by atoms with Gasteiger partial charge in [0.15, 0.2) is 23.0 Å². The van der Waals surface area contributed by atoms with Crippen LogP contribution in [0.1, 0.15) is 16.1 Å². The topological polar surface area (TPSA) is 120 Å². The van der Waals surface area contributed by atoms with Gasteiger partial charge in [0.25, 0.3) is 5.56 Å². The number of pyridine rings is 1. The molecule has 10 heteroatoms. The van der Waals surface area contributed by atoms with E-state index >= 15 is 0 Å². The summed E-state index contributed by atoms with van der Waals surface area (Å²) in [5, 5.41) is 2.88. The fourth-order valence-electron chi connectivity index (χ4n) is 5.84. The molecule has 0 bridgehead atoms. The number of rotatable bonds is 10. The van der Waals surface area contributed by atoms with Gasteiger partial charge >= 0.3 is 5.97 Å². The van der Waals surface area contributed by atoms with Crippen LogP contribution in [0.4, 0.5) is 5.69 Å². The molecular formula is C38H34N2O8. The minimum absolute atomic E-state index is 0.0269. The van der Waals surface area contributed by atoms with Crippen LogP contribution in [-0.2, 0) is 11.3 Å². The summed E-state index contributed by atoms with van der Waals surface area (Å²) in [5.41, 5.74) is 8.17. The molecule has 10 nitrogen and oxygen atoms in total. The van der Waals surface area contributed by atoms with Crippen molar-refractivity contribution in [2.45, 2.75) is 6.61 Å². The van der Waals surface area contributed by atoms with Crippen LogP contribution >= 0.6 is 0 Å². The Morgan fingerprint density at radius 3 is 1.96 bits per heavy atom. The molecular weight excluding hydrogens is 612 g/mol. The Hall–Kier alpha value is -6.16. The maximum atomic E-state index is 14.5. The highest BCUT2D eigenvalue weighted by Gasteiger charge is 2.28. The number of benzene rings is 5. The zero-order valence-electron chi connectivity index (χ0n) is 27.2. The summed E-state index contributed by atoms with van der Waals surface area (Å²) in [7, 11) is 7.27. The maximum Gasteiger partial charge on any atom is 0.355 e. The van der Waals surface area contributed by atoms with Crippen LogP contribution in [0, 0.1) is 0 Å². The molecule has 0 aliphatic carbocycles. The van der Waals surface area contributed by atoms with Gasteiger partial charge in [-0.3, -0.25) is 9.36 Å². The van der Waals surface area contributed by atoms with Crippen molar-refractivity contribution in [1.29, 1.82) is 0 Å². The molecule has 0 spiro atoms. The Morgan fingerprint density at radius 2 is 1.33 bits per heavy atom. The zero-order chi connectivity index (χ0) is 33.9. The number of carbonyl (C=O) groups is 1. The van der Waals surface area contributed by atoms with E-state index in [1.807, 2.05) is 36.4 Å². The zero-order valence-corrected chi connectivity index (χ0v) is 27.2. The van der Waals surface area contributed by atoms with Gasteiger partial charge in [0.2, 0.25) is 5.75 Å². The quantitative estimate of drug-likeness (QED) is 0.127. The SMILES string of the molecule is COC(=O)c1c(-c2cc(OC)c(OC)c(OC)c2)c2cc(OC)c(OCc3ccc4ccccc4c3)cc2c(=O)n1-c1ccc(N)cc1. The lowest BCUT2D eigenvalue weighted by Crippen LogP contribution is -2.27. The van der Waals surface area contributed by atoms with Gasteiger partial charge in [0.05, 0.1) is 40.9 Å². The molecule has 244 valence electrons. The number of fused-ring (bicyclic) bond motifs is 2. The summed E-state index contributed by atoms with van der Waals surface area (Å²) < 4.78 is 35.5. The van der Waals surface area contributed by atoms with E-state index in [9.17, 15) is 9.59 Å². The molecule has 6 rings (SSSR count). The van der Waals surface area contributed by atoms with Crippen molar-refractivity contribution in [2.24, 2.45) is 0 Å². The first-order valence-corrected chi connectivity index (χ1v) is 15.0. The van der Waals surface area contributed by atoms with Gasteiger partial charge in [-0.25, -0.2) is 4.79 Å². The van der Waals surface area contributed by atoms with E-state index < -0.39 is 11.5 Å². The van der Waals surface area contributed by atoms with Crippen molar-refractivity contribution in [1.82, 2.24) is 4.57 Å². The highest BCUT2D eigenvalue weighted by Crippen LogP contribution is 2.45. The number of ether oxygens (including phenoxy) is 6. The fourth-order valence-corrected chi connectivity index (χ4v) is 5.84. The molecule has 0 unspecified atom stereocenters. The first kappa shape index (κ1) is 31.8. The summed E-state index contributed by atoms with van der Waals surface area (Å²) >= 11 is 0. The minimum atomic E-state index is -0.745. The van der Waals surface area contributed by atoms with E-state index in [0.29, 0.717) is 56.6 Å². The van der Waals surface area contributed by atoms with Gasteiger partial charge < -0.3 is 34.2 Å². The van der Waals surface area contributed by atoms with Gasteiger partial charge in [-0.1, -0.05) is 36.4 Å². The Morgan fingerprint density at radius 1 is 0.688 bits per heavy atom. The second-order valence-electron chi connectivity index (χ2n) is 10.9. The number of methoxy groups -OCH3 is 5. The second-order valence-corrected chi connectivity index (χ2v) is 10.9. The lowest BCUT2D eigenvalue weighted by molar-refractivity contribution is 0.0591. The van der Waals surface area contributed by atoms with Gasteiger partial charge in [-0.2, -0.15) is 0 Å². The lowest BCUT2D eigenvalue weighted by Gasteiger charge is -2.21. The Bertz CT molecular complexity index is 2200. The molecule has 48 heavy (non-hydrogen) atoms. The average molecular weight is 647 g/mol. The number of nitrogen functional groups attached to an aromatic ring is 1. The third kappa shape index (κ3) is 5.68. The number of anilines is 1. The molecule has 0 radical (unpaired) electrons. The van der Waals surface area contributed by atoms with Crippen molar-refractivity contribution in [3.8, 4) is 45.6 Å². The first-order valence-electron chi connectivity index (χ1n) is 15.0. The number of nitrogens with zero attached hydrogens (tertiary/aromatic N) is 1. The van der Waals surface area contributed by atoms with E-state index in [0.717, 1.165) is 16.3 Å². The normalized spacial score (nSPS) is 10.9. The maximum absolute atomic E-state index is 14.5. The number of hydrogen-bond acceptors (Lipinski definition) is 9. The van der Waals surface area contributed by atoms with Crippen molar-refractivity contribution in [3.05, 3.63) is 113 Å². The van der Waals surface area contributed by atoms with E-state index in [4.69, 9.17) is 34.2 Å².